The topological polar surface area (TPSA) is 64.2 Å². The maximum atomic E-state index is 13.0. The Balaban J connectivity index is 1.45. The van der Waals surface area contributed by atoms with Crippen molar-refractivity contribution in [2.45, 2.75) is 45.1 Å². The van der Waals surface area contributed by atoms with E-state index in [1.165, 1.54) is 0 Å². The number of aromatic nitrogens is 3. The number of nitrogens with zero attached hydrogens (tertiary/aromatic N) is 4. The Morgan fingerprint density at radius 1 is 1.34 bits per heavy atom. The quantitative estimate of drug-likeness (QED) is 0.608. The van der Waals surface area contributed by atoms with Crippen LogP contribution in [0.4, 0.5) is 0 Å². The fourth-order valence-electron chi connectivity index (χ4n) is 3.86. The highest BCUT2D eigenvalue weighted by Crippen LogP contribution is 2.28. The summed E-state index contributed by atoms with van der Waals surface area (Å²) in [5.74, 6) is 1.64. The minimum Gasteiger partial charge on any atom is -0.445 e. The molecule has 0 unspecified atom stereocenters. The van der Waals surface area contributed by atoms with E-state index in [2.05, 4.69) is 10.1 Å². The lowest BCUT2D eigenvalue weighted by Gasteiger charge is -2.31. The molecule has 3 aromatic rings. The second-order valence-electron chi connectivity index (χ2n) is 7.82. The van der Waals surface area contributed by atoms with Crippen LogP contribution in [0.5, 0.6) is 0 Å². The molecule has 4 rings (SSSR count). The zero-order valence-electron chi connectivity index (χ0n) is 16.7. The molecule has 0 aliphatic carbocycles. The first-order valence-corrected chi connectivity index (χ1v) is 10.4. The van der Waals surface area contributed by atoms with Gasteiger partial charge in [-0.3, -0.25) is 9.48 Å². The van der Waals surface area contributed by atoms with Crippen molar-refractivity contribution >= 4 is 17.5 Å². The molecule has 1 saturated heterocycles. The number of likely N-dealkylation sites (tertiary alicyclic amines) is 1. The molecule has 1 fully saturated rings. The van der Waals surface area contributed by atoms with E-state index >= 15 is 0 Å². The van der Waals surface area contributed by atoms with Gasteiger partial charge in [-0.1, -0.05) is 23.7 Å². The summed E-state index contributed by atoms with van der Waals surface area (Å²) in [6, 6.07) is 9.68. The van der Waals surface area contributed by atoms with E-state index < -0.39 is 0 Å². The normalized spacial score (nSPS) is 17.1. The van der Waals surface area contributed by atoms with Gasteiger partial charge >= 0.3 is 0 Å². The molecular formula is C22H25ClN4O2. The number of hydrogen-bond donors (Lipinski definition) is 0. The minimum absolute atomic E-state index is 0.0200. The number of rotatable bonds is 5. The Bertz CT molecular complexity index is 994. The summed E-state index contributed by atoms with van der Waals surface area (Å²) in [4.78, 5) is 19.4. The van der Waals surface area contributed by atoms with Crippen LogP contribution < -0.4 is 0 Å². The maximum Gasteiger partial charge on any atom is 0.272 e. The predicted molar refractivity (Wildman–Crippen MR) is 111 cm³/mol. The molecule has 0 radical (unpaired) electrons. The molecule has 29 heavy (non-hydrogen) atoms. The molecule has 7 heteroatoms. The van der Waals surface area contributed by atoms with E-state index in [1.54, 1.807) is 23.1 Å². The van der Waals surface area contributed by atoms with Crippen LogP contribution in [0.15, 0.2) is 47.1 Å². The van der Waals surface area contributed by atoms with Crippen molar-refractivity contribution in [2.75, 3.05) is 13.1 Å². The van der Waals surface area contributed by atoms with Crippen molar-refractivity contribution in [2.24, 2.45) is 0 Å². The first-order chi connectivity index (χ1) is 14.0. The van der Waals surface area contributed by atoms with Crippen LogP contribution in [0, 0.1) is 0 Å². The maximum absolute atomic E-state index is 13.0. The monoisotopic (exact) mass is 412 g/mol. The minimum atomic E-state index is 0.0200. The van der Waals surface area contributed by atoms with Crippen molar-refractivity contribution in [3.05, 3.63) is 70.7 Å². The average Bonchev–Trinajstić information content (AvgIpc) is 3.37. The summed E-state index contributed by atoms with van der Waals surface area (Å²) in [6.07, 6.45) is 6.01. The molecule has 6 nitrogen and oxygen atoms in total. The molecule has 1 amide bonds. The molecule has 3 heterocycles. The average molecular weight is 413 g/mol. The third-order valence-electron chi connectivity index (χ3n) is 5.28. The molecule has 1 aromatic carbocycles. The lowest BCUT2D eigenvalue weighted by Crippen LogP contribution is -2.40. The van der Waals surface area contributed by atoms with Gasteiger partial charge in [0.15, 0.2) is 5.89 Å². The predicted octanol–water partition coefficient (Wildman–Crippen LogP) is 4.72. The van der Waals surface area contributed by atoms with Gasteiger partial charge in [0.05, 0.1) is 12.1 Å². The standard InChI is InChI=1S/C22H25ClN4O2/c1-15(2)27-20(8-9-25-27)22(28)26-10-4-6-17(14-26)21-24-13-19(29-21)12-16-5-3-7-18(23)11-16/h3,5,7-9,11,13,15,17H,4,6,10,12,14H2,1-2H3/t17-/m1/s1. The van der Waals surface area contributed by atoms with Gasteiger partial charge in [0.25, 0.3) is 5.91 Å². The number of amides is 1. The number of carbonyl (C=O) groups excluding carboxylic acids is 1. The van der Waals surface area contributed by atoms with Gasteiger partial charge in [-0.05, 0) is 50.5 Å². The molecule has 0 saturated carbocycles. The Labute approximate surface area is 175 Å². The summed E-state index contributed by atoms with van der Waals surface area (Å²) in [5, 5.41) is 5.00. The first-order valence-electron chi connectivity index (χ1n) is 10.0. The van der Waals surface area contributed by atoms with Gasteiger partial charge in [0.2, 0.25) is 0 Å². The third-order valence-corrected chi connectivity index (χ3v) is 5.51. The molecule has 0 bridgehead atoms. The van der Waals surface area contributed by atoms with E-state index in [0.717, 1.165) is 30.7 Å². The van der Waals surface area contributed by atoms with Crippen LogP contribution in [0.2, 0.25) is 5.02 Å². The van der Waals surface area contributed by atoms with E-state index in [4.69, 9.17) is 16.0 Å². The van der Waals surface area contributed by atoms with Crippen molar-refractivity contribution < 1.29 is 9.21 Å². The number of oxazole rings is 1. The lowest BCUT2D eigenvalue weighted by atomic mass is 9.97. The summed E-state index contributed by atoms with van der Waals surface area (Å²) in [5.41, 5.74) is 1.72. The lowest BCUT2D eigenvalue weighted by molar-refractivity contribution is 0.0683. The molecule has 0 N–H and O–H groups in total. The van der Waals surface area contributed by atoms with Crippen molar-refractivity contribution in [1.29, 1.82) is 0 Å². The van der Waals surface area contributed by atoms with Crippen LogP contribution in [0.25, 0.3) is 0 Å². The third kappa shape index (κ3) is 4.37. The first kappa shape index (κ1) is 19.7. The number of hydrogen-bond acceptors (Lipinski definition) is 4. The Hall–Kier alpha value is -2.60. The largest absolute Gasteiger partial charge is 0.445 e. The molecule has 152 valence electrons. The Morgan fingerprint density at radius 3 is 3.00 bits per heavy atom. The second kappa shape index (κ2) is 8.41. The Kier molecular flexibility index (Phi) is 5.72. The summed E-state index contributed by atoms with van der Waals surface area (Å²) < 4.78 is 7.82. The number of piperidine rings is 1. The molecule has 2 aromatic heterocycles. The molecule has 1 atom stereocenters. The molecule has 0 spiro atoms. The van der Waals surface area contributed by atoms with Gasteiger partial charge < -0.3 is 9.32 Å². The van der Waals surface area contributed by atoms with Crippen LogP contribution in [-0.2, 0) is 6.42 Å². The summed E-state index contributed by atoms with van der Waals surface area (Å²) in [6.45, 7) is 5.40. The zero-order valence-corrected chi connectivity index (χ0v) is 17.5. The smallest absolute Gasteiger partial charge is 0.272 e. The fourth-order valence-corrected chi connectivity index (χ4v) is 4.07. The van der Waals surface area contributed by atoms with Gasteiger partial charge in [0.1, 0.15) is 11.5 Å². The SMILES string of the molecule is CC(C)n1nccc1C(=O)N1CCC[C@@H](c2ncc(Cc3cccc(Cl)c3)o2)C1. The fraction of sp³-hybridized carbons (Fsp3) is 0.409. The van der Waals surface area contributed by atoms with E-state index in [9.17, 15) is 4.79 Å². The van der Waals surface area contributed by atoms with Gasteiger partial charge in [-0.15, -0.1) is 0 Å². The van der Waals surface area contributed by atoms with Crippen LogP contribution in [0.1, 0.15) is 66.4 Å². The zero-order chi connectivity index (χ0) is 20.4. The number of halogens is 1. The molecule has 1 aliphatic rings. The van der Waals surface area contributed by atoms with Crippen LogP contribution in [0.3, 0.4) is 0 Å². The van der Waals surface area contributed by atoms with Crippen LogP contribution in [-0.4, -0.2) is 38.7 Å². The van der Waals surface area contributed by atoms with E-state index in [-0.39, 0.29) is 17.9 Å². The van der Waals surface area contributed by atoms with Gasteiger partial charge in [-0.2, -0.15) is 5.10 Å². The van der Waals surface area contributed by atoms with Crippen LogP contribution >= 0.6 is 11.6 Å². The number of benzene rings is 1. The van der Waals surface area contributed by atoms with Crippen molar-refractivity contribution in [3.8, 4) is 0 Å². The molecular weight excluding hydrogens is 388 g/mol. The van der Waals surface area contributed by atoms with Crippen molar-refractivity contribution in [3.63, 3.8) is 0 Å². The van der Waals surface area contributed by atoms with E-state index in [0.29, 0.717) is 29.6 Å². The number of carbonyl (C=O) groups is 1. The van der Waals surface area contributed by atoms with Gasteiger partial charge in [0, 0.05) is 36.8 Å². The van der Waals surface area contributed by atoms with E-state index in [1.807, 2.05) is 43.0 Å². The summed E-state index contributed by atoms with van der Waals surface area (Å²) in [7, 11) is 0. The highest BCUT2D eigenvalue weighted by Gasteiger charge is 2.30. The Morgan fingerprint density at radius 2 is 2.21 bits per heavy atom. The van der Waals surface area contributed by atoms with Crippen molar-refractivity contribution in [1.82, 2.24) is 19.7 Å². The highest BCUT2D eigenvalue weighted by atomic mass is 35.5. The van der Waals surface area contributed by atoms with Gasteiger partial charge in [-0.25, -0.2) is 4.98 Å². The molecule has 1 aliphatic heterocycles. The second-order valence-corrected chi connectivity index (χ2v) is 8.25. The summed E-state index contributed by atoms with van der Waals surface area (Å²) >= 11 is 6.07. The highest BCUT2D eigenvalue weighted by molar-refractivity contribution is 6.30.